The van der Waals surface area contributed by atoms with Gasteiger partial charge < -0.3 is 14.2 Å². The van der Waals surface area contributed by atoms with Gasteiger partial charge in [0.15, 0.2) is 5.75 Å². The molecule has 2 aromatic heterocycles. The summed E-state index contributed by atoms with van der Waals surface area (Å²) in [5, 5.41) is 4.33. The number of likely N-dealkylation sites (tertiary alicyclic amines) is 1. The summed E-state index contributed by atoms with van der Waals surface area (Å²) in [5.74, 6) is 0.759. The quantitative estimate of drug-likeness (QED) is 0.820. The SMILES string of the molecule is COc1cccn(CC(=O)N2CCC(Cn3cc(C)cn3)CC2)c1=O. The molecule has 1 aliphatic rings. The number of hydrogen-bond donors (Lipinski definition) is 0. The normalized spacial score (nSPS) is 15.4. The van der Waals surface area contributed by atoms with Crippen LogP contribution in [0.4, 0.5) is 0 Å². The Bertz CT molecular complexity index is 788. The molecule has 1 saturated heterocycles. The van der Waals surface area contributed by atoms with Crippen molar-refractivity contribution in [3.63, 3.8) is 0 Å². The van der Waals surface area contributed by atoms with Crippen LogP contribution in [0.1, 0.15) is 18.4 Å². The second kappa shape index (κ2) is 7.55. The minimum Gasteiger partial charge on any atom is -0.491 e. The Labute approximate surface area is 146 Å². The lowest BCUT2D eigenvalue weighted by atomic mass is 9.97. The molecule has 0 unspecified atom stereocenters. The number of amides is 1. The van der Waals surface area contributed by atoms with Crippen LogP contribution >= 0.6 is 0 Å². The van der Waals surface area contributed by atoms with Gasteiger partial charge >= 0.3 is 0 Å². The summed E-state index contributed by atoms with van der Waals surface area (Å²) in [4.78, 5) is 26.5. The highest BCUT2D eigenvalue weighted by Gasteiger charge is 2.23. The molecule has 25 heavy (non-hydrogen) atoms. The summed E-state index contributed by atoms with van der Waals surface area (Å²) in [6, 6.07) is 3.32. The van der Waals surface area contributed by atoms with Crippen LogP contribution in [0, 0.1) is 12.8 Å². The Morgan fingerprint density at radius 2 is 2.12 bits per heavy atom. The largest absolute Gasteiger partial charge is 0.491 e. The van der Waals surface area contributed by atoms with Gasteiger partial charge in [0.05, 0.1) is 13.3 Å². The van der Waals surface area contributed by atoms with Gasteiger partial charge in [-0.3, -0.25) is 14.3 Å². The predicted octanol–water partition coefficient (Wildman–Crippen LogP) is 1.30. The van der Waals surface area contributed by atoms with Crippen LogP contribution in [0.3, 0.4) is 0 Å². The van der Waals surface area contributed by atoms with E-state index >= 15 is 0 Å². The number of carbonyl (C=O) groups is 1. The molecule has 0 atom stereocenters. The Kier molecular flexibility index (Phi) is 5.21. The van der Waals surface area contributed by atoms with Crippen molar-refractivity contribution in [3.8, 4) is 5.75 Å². The van der Waals surface area contributed by atoms with E-state index in [1.54, 1.807) is 18.3 Å². The van der Waals surface area contributed by atoms with E-state index in [4.69, 9.17) is 4.74 Å². The first-order chi connectivity index (χ1) is 12.1. The monoisotopic (exact) mass is 344 g/mol. The van der Waals surface area contributed by atoms with E-state index in [1.165, 1.54) is 11.7 Å². The second-order valence-corrected chi connectivity index (χ2v) is 6.57. The zero-order valence-corrected chi connectivity index (χ0v) is 14.7. The molecule has 0 saturated carbocycles. The molecule has 1 fully saturated rings. The number of carbonyl (C=O) groups excluding carboxylic acids is 1. The third-order valence-electron chi connectivity index (χ3n) is 4.69. The molecular formula is C18H24N4O3. The van der Waals surface area contributed by atoms with Crippen LogP contribution in [0.25, 0.3) is 0 Å². The molecule has 0 aromatic carbocycles. The topological polar surface area (TPSA) is 69.4 Å². The molecule has 3 rings (SSSR count). The molecule has 0 aliphatic carbocycles. The number of piperidine rings is 1. The van der Waals surface area contributed by atoms with E-state index in [2.05, 4.69) is 5.10 Å². The number of nitrogens with zero attached hydrogens (tertiary/aromatic N) is 4. The lowest BCUT2D eigenvalue weighted by Gasteiger charge is -2.32. The van der Waals surface area contributed by atoms with Crippen molar-refractivity contribution < 1.29 is 9.53 Å². The summed E-state index contributed by atoms with van der Waals surface area (Å²) < 4.78 is 8.40. The van der Waals surface area contributed by atoms with Crippen molar-refractivity contribution in [1.29, 1.82) is 0 Å². The molecule has 7 nitrogen and oxygen atoms in total. The molecule has 1 aliphatic heterocycles. The predicted molar refractivity (Wildman–Crippen MR) is 93.5 cm³/mol. The van der Waals surface area contributed by atoms with E-state index in [1.807, 2.05) is 28.9 Å². The average Bonchev–Trinajstić information content (AvgIpc) is 3.02. The molecule has 0 N–H and O–H groups in total. The molecule has 134 valence electrons. The first-order valence-corrected chi connectivity index (χ1v) is 8.57. The van der Waals surface area contributed by atoms with Gasteiger partial charge in [-0.25, -0.2) is 0 Å². The van der Waals surface area contributed by atoms with Gasteiger partial charge in [-0.05, 0) is 43.4 Å². The van der Waals surface area contributed by atoms with E-state index in [0.29, 0.717) is 5.92 Å². The van der Waals surface area contributed by atoms with Crippen LogP contribution in [0.15, 0.2) is 35.5 Å². The van der Waals surface area contributed by atoms with Crippen LogP contribution in [-0.2, 0) is 17.9 Å². The van der Waals surface area contributed by atoms with Gasteiger partial charge in [0, 0.05) is 32.0 Å². The number of pyridine rings is 1. The lowest BCUT2D eigenvalue weighted by Crippen LogP contribution is -2.42. The maximum atomic E-state index is 12.5. The fraction of sp³-hybridized carbons (Fsp3) is 0.500. The Hall–Kier alpha value is -2.57. The van der Waals surface area contributed by atoms with Gasteiger partial charge in [0.2, 0.25) is 5.91 Å². The minimum atomic E-state index is -0.276. The molecule has 0 bridgehead atoms. The number of ether oxygens (including phenoxy) is 1. The molecule has 0 spiro atoms. The fourth-order valence-electron chi connectivity index (χ4n) is 3.24. The van der Waals surface area contributed by atoms with Gasteiger partial charge in [-0.15, -0.1) is 0 Å². The van der Waals surface area contributed by atoms with E-state index in [9.17, 15) is 9.59 Å². The summed E-state index contributed by atoms with van der Waals surface area (Å²) in [5.41, 5.74) is 0.888. The maximum Gasteiger partial charge on any atom is 0.293 e. The summed E-state index contributed by atoms with van der Waals surface area (Å²) in [6.45, 7) is 4.43. The fourth-order valence-corrected chi connectivity index (χ4v) is 3.24. The maximum absolute atomic E-state index is 12.5. The highest BCUT2D eigenvalue weighted by molar-refractivity contribution is 5.76. The lowest BCUT2D eigenvalue weighted by molar-refractivity contribution is -0.133. The highest BCUT2D eigenvalue weighted by atomic mass is 16.5. The van der Waals surface area contributed by atoms with Gasteiger partial charge in [0.25, 0.3) is 5.56 Å². The zero-order chi connectivity index (χ0) is 17.8. The average molecular weight is 344 g/mol. The molecule has 7 heteroatoms. The van der Waals surface area contributed by atoms with E-state index < -0.39 is 0 Å². The molecule has 1 amide bonds. The third kappa shape index (κ3) is 4.10. The zero-order valence-electron chi connectivity index (χ0n) is 14.7. The Balaban J connectivity index is 1.54. The van der Waals surface area contributed by atoms with Crippen LogP contribution in [0.5, 0.6) is 5.75 Å². The number of aryl methyl sites for hydroxylation is 1. The first-order valence-electron chi connectivity index (χ1n) is 8.57. The summed E-state index contributed by atoms with van der Waals surface area (Å²) >= 11 is 0. The van der Waals surface area contributed by atoms with Crippen molar-refractivity contribution in [1.82, 2.24) is 19.2 Å². The van der Waals surface area contributed by atoms with E-state index in [-0.39, 0.29) is 23.8 Å². The van der Waals surface area contributed by atoms with Crippen molar-refractivity contribution >= 4 is 5.91 Å². The standard InChI is InChI=1S/C18H24N4O3/c1-14-10-19-22(11-14)12-15-5-8-20(9-6-15)17(23)13-21-7-3-4-16(25-2)18(21)24/h3-4,7,10-11,15H,5-6,8-9,12-13H2,1-2H3. The van der Waals surface area contributed by atoms with Crippen molar-refractivity contribution in [2.45, 2.75) is 32.9 Å². The number of aromatic nitrogens is 3. The molecule has 2 aromatic rings. The van der Waals surface area contributed by atoms with E-state index in [0.717, 1.165) is 38.0 Å². The highest BCUT2D eigenvalue weighted by Crippen LogP contribution is 2.19. The van der Waals surface area contributed by atoms with Crippen molar-refractivity contribution in [2.75, 3.05) is 20.2 Å². The van der Waals surface area contributed by atoms with Crippen LogP contribution in [-0.4, -0.2) is 45.4 Å². The summed E-state index contributed by atoms with van der Waals surface area (Å²) in [7, 11) is 1.45. The van der Waals surface area contributed by atoms with Gasteiger partial charge in [-0.2, -0.15) is 5.10 Å². The van der Waals surface area contributed by atoms with Crippen molar-refractivity contribution in [2.24, 2.45) is 5.92 Å². The first kappa shape index (κ1) is 17.3. The molecule has 3 heterocycles. The number of rotatable bonds is 5. The summed E-state index contributed by atoms with van der Waals surface area (Å²) in [6.07, 6.45) is 7.45. The minimum absolute atomic E-state index is 0.0243. The van der Waals surface area contributed by atoms with Gasteiger partial charge in [0.1, 0.15) is 6.54 Å². The van der Waals surface area contributed by atoms with Crippen LogP contribution in [0.2, 0.25) is 0 Å². The smallest absolute Gasteiger partial charge is 0.293 e. The third-order valence-corrected chi connectivity index (χ3v) is 4.69. The molecule has 0 radical (unpaired) electrons. The van der Waals surface area contributed by atoms with Gasteiger partial charge in [-0.1, -0.05) is 0 Å². The second-order valence-electron chi connectivity index (χ2n) is 6.57. The Morgan fingerprint density at radius 3 is 2.76 bits per heavy atom. The van der Waals surface area contributed by atoms with Crippen molar-refractivity contribution in [3.05, 3.63) is 46.6 Å². The number of methoxy groups -OCH3 is 1. The molecular weight excluding hydrogens is 320 g/mol. The number of hydrogen-bond acceptors (Lipinski definition) is 4. The van der Waals surface area contributed by atoms with Crippen LogP contribution < -0.4 is 10.3 Å². The Morgan fingerprint density at radius 1 is 1.36 bits per heavy atom.